The quantitative estimate of drug-likeness (QED) is 0.762. The Labute approximate surface area is 141 Å². The molecule has 1 amide bonds. The predicted octanol–water partition coefficient (Wildman–Crippen LogP) is 3.54. The molecule has 0 saturated heterocycles. The first-order valence-corrected chi connectivity index (χ1v) is 7.64. The number of amides is 1. The van der Waals surface area contributed by atoms with Crippen LogP contribution in [0.2, 0.25) is 0 Å². The molecule has 1 atom stereocenters. The van der Waals surface area contributed by atoms with Gasteiger partial charge in [0.25, 0.3) is 0 Å². The van der Waals surface area contributed by atoms with Gasteiger partial charge in [-0.1, -0.05) is 30.3 Å². The number of nitrogens with zero attached hydrogens (tertiary/aromatic N) is 1. The number of carbonyl (C=O) groups is 2. The third-order valence-corrected chi connectivity index (χ3v) is 3.83. The smallest absolute Gasteiger partial charge is 0.410 e. The standard InChI is InChI=1S/C19H21NO4/c1-14(18(21)16-9-11-17(23-3)12-10-16)20(2)19(22)24-13-15-7-5-4-6-8-15/h4-12,14H,13H2,1-3H3. The zero-order valence-electron chi connectivity index (χ0n) is 14.1. The van der Waals surface area contributed by atoms with Gasteiger partial charge in [-0.15, -0.1) is 0 Å². The number of Topliss-reactive ketones (excluding diaryl/α,β-unsaturated/α-hetero) is 1. The van der Waals surface area contributed by atoms with Crippen molar-refractivity contribution in [2.24, 2.45) is 0 Å². The number of hydrogen-bond acceptors (Lipinski definition) is 4. The van der Waals surface area contributed by atoms with Gasteiger partial charge in [0.05, 0.1) is 13.2 Å². The third kappa shape index (κ3) is 4.35. The Bertz CT molecular complexity index is 682. The Kier molecular flexibility index (Phi) is 5.95. The van der Waals surface area contributed by atoms with Gasteiger partial charge >= 0.3 is 6.09 Å². The van der Waals surface area contributed by atoms with E-state index >= 15 is 0 Å². The second-order valence-corrected chi connectivity index (χ2v) is 5.42. The number of likely N-dealkylation sites (N-methyl/N-ethyl adjacent to an activating group) is 1. The SMILES string of the molecule is COc1ccc(C(=O)C(C)N(C)C(=O)OCc2ccccc2)cc1. The van der Waals surface area contributed by atoms with Gasteiger partial charge in [-0.2, -0.15) is 0 Å². The molecule has 0 spiro atoms. The lowest BCUT2D eigenvalue weighted by Gasteiger charge is -2.23. The summed E-state index contributed by atoms with van der Waals surface area (Å²) in [6.07, 6.45) is -0.534. The summed E-state index contributed by atoms with van der Waals surface area (Å²) in [6, 6.07) is 15.6. The van der Waals surface area contributed by atoms with Gasteiger partial charge in [0, 0.05) is 12.6 Å². The van der Waals surface area contributed by atoms with Crippen LogP contribution < -0.4 is 4.74 Å². The molecule has 0 saturated carbocycles. The fraction of sp³-hybridized carbons (Fsp3) is 0.263. The zero-order chi connectivity index (χ0) is 17.5. The van der Waals surface area contributed by atoms with Crippen molar-refractivity contribution in [3.05, 3.63) is 65.7 Å². The number of ether oxygens (including phenoxy) is 2. The van der Waals surface area contributed by atoms with Crippen molar-refractivity contribution in [1.29, 1.82) is 0 Å². The maximum Gasteiger partial charge on any atom is 0.410 e. The molecule has 0 radical (unpaired) electrons. The van der Waals surface area contributed by atoms with Crippen LogP contribution >= 0.6 is 0 Å². The number of carbonyl (C=O) groups excluding carboxylic acids is 2. The molecule has 0 bridgehead atoms. The second-order valence-electron chi connectivity index (χ2n) is 5.42. The molecule has 0 N–H and O–H groups in total. The van der Waals surface area contributed by atoms with Gasteiger partial charge in [0.1, 0.15) is 12.4 Å². The first-order chi connectivity index (χ1) is 11.5. The highest BCUT2D eigenvalue weighted by atomic mass is 16.6. The summed E-state index contributed by atoms with van der Waals surface area (Å²) in [5.74, 6) is 0.520. The Morgan fingerprint density at radius 2 is 1.67 bits per heavy atom. The minimum Gasteiger partial charge on any atom is -0.497 e. The van der Waals surface area contributed by atoms with Crippen molar-refractivity contribution in [3.63, 3.8) is 0 Å². The van der Waals surface area contributed by atoms with Crippen LogP contribution in [0.5, 0.6) is 5.75 Å². The summed E-state index contributed by atoms with van der Waals surface area (Å²) in [5, 5.41) is 0. The van der Waals surface area contributed by atoms with Gasteiger partial charge in [0.15, 0.2) is 5.78 Å². The Morgan fingerprint density at radius 3 is 2.25 bits per heavy atom. The van der Waals surface area contributed by atoms with E-state index in [-0.39, 0.29) is 12.4 Å². The van der Waals surface area contributed by atoms with Crippen LogP contribution in [0.4, 0.5) is 4.79 Å². The van der Waals surface area contributed by atoms with E-state index in [1.54, 1.807) is 45.3 Å². The first kappa shape index (κ1) is 17.5. The molecule has 0 aromatic heterocycles. The van der Waals surface area contributed by atoms with Crippen LogP contribution in [-0.2, 0) is 11.3 Å². The second kappa shape index (κ2) is 8.15. The van der Waals surface area contributed by atoms with Gasteiger partial charge in [-0.3, -0.25) is 4.79 Å². The fourth-order valence-corrected chi connectivity index (χ4v) is 2.15. The first-order valence-electron chi connectivity index (χ1n) is 7.64. The van der Waals surface area contributed by atoms with E-state index in [1.165, 1.54) is 4.90 Å². The van der Waals surface area contributed by atoms with Gasteiger partial charge in [0.2, 0.25) is 0 Å². The maximum absolute atomic E-state index is 12.5. The van der Waals surface area contributed by atoms with E-state index in [0.29, 0.717) is 11.3 Å². The van der Waals surface area contributed by atoms with E-state index in [9.17, 15) is 9.59 Å². The Morgan fingerprint density at radius 1 is 1.04 bits per heavy atom. The summed E-state index contributed by atoms with van der Waals surface area (Å²) in [4.78, 5) is 25.9. The van der Waals surface area contributed by atoms with Gasteiger partial charge < -0.3 is 14.4 Å². The summed E-state index contributed by atoms with van der Waals surface area (Å²) >= 11 is 0. The average molecular weight is 327 g/mol. The highest BCUT2D eigenvalue weighted by Gasteiger charge is 2.24. The molecule has 0 aliphatic carbocycles. The highest BCUT2D eigenvalue weighted by Crippen LogP contribution is 2.15. The van der Waals surface area contributed by atoms with Crippen LogP contribution in [0.1, 0.15) is 22.8 Å². The average Bonchev–Trinajstić information content (AvgIpc) is 2.65. The monoisotopic (exact) mass is 327 g/mol. The lowest BCUT2D eigenvalue weighted by molar-refractivity contribution is 0.0741. The molecule has 2 aromatic rings. The molecule has 2 aromatic carbocycles. The minimum absolute atomic E-state index is 0.156. The minimum atomic E-state index is -0.623. The maximum atomic E-state index is 12.5. The number of ketones is 1. The van der Waals surface area contributed by atoms with Gasteiger partial charge in [-0.25, -0.2) is 4.79 Å². The lowest BCUT2D eigenvalue weighted by atomic mass is 10.0. The molecule has 5 nitrogen and oxygen atoms in total. The van der Waals surface area contributed by atoms with Crippen molar-refractivity contribution in [1.82, 2.24) is 4.90 Å². The molecule has 0 aliphatic heterocycles. The van der Waals surface area contributed by atoms with Crippen molar-refractivity contribution in [2.75, 3.05) is 14.2 Å². The van der Waals surface area contributed by atoms with Gasteiger partial charge in [-0.05, 0) is 36.8 Å². The van der Waals surface area contributed by atoms with E-state index in [4.69, 9.17) is 9.47 Å². The third-order valence-electron chi connectivity index (χ3n) is 3.83. The molecular weight excluding hydrogens is 306 g/mol. The molecule has 2 rings (SSSR count). The van der Waals surface area contributed by atoms with Crippen molar-refractivity contribution < 1.29 is 19.1 Å². The Balaban J connectivity index is 1.95. The summed E-state index contributed by atoms with van der Waals surface area (Å²) in [5.41, 5.74) is 1.42. The largest absolute Gasteiger partial charge is 0.497 e. The molecule has 126 valence electrons. The topological polar surface area (TPSA) is 55.8 Å². The fourth-order valence-electron chi connectivity index (χ4n) is 2.15. The van der Waals surface area contributed by atoms with E-state index in [1.807, 2.05) is 30.3 Å². The normalized spacial score (nSPS) is 11.5. The summed E-state index contributed by atoms with van der Waals surface area (Å²) in [7, 11) is 3.12. The Hall–Kier alpha value is -2.82. The van der Waals surface area contributed by atoms with Crippen molar-refractivity contribution in [2.45, 2.75) is 19.6 Å². The van der Waals surface area contributed by atoms with Crippen LogP contribution in [0.25, 0.3) is 0 Å². The zero-order valence-corrected chi connectivity index (χ0v) is 14.1. The van der Waals surface area contributed by atoms with Crippen molar-refractivity contribution in [3.8, 4) is 5.75 Å². The molecule has 24 heavy (non-hydrogen) atoms. The summed E-state index contributed by atoms with van der Waals surface area (Å²) in [6.45, 7) is 1.85. The van der Waals surface area contributed by atoms with E-state index in [2.05, 4.69) is 0 Å². The number of methoxy groups -OCH3 is 1. The van der Waals surface area contributed by atoms with Crippen LogP contribution in [0.3, 0.4) is 0 Å². The van der Waals surface area contributed by atoms with E-state index < -0.39 is 12.1 Å². The number of benzene rings is 2. The summed E-state index contributed by atoms with van der Waals surface area (Å²) < 4.78 is 10.3. The molecule has 5 heteroatoms. The van der Waals surface area contributed by atoms with E-state index in [0.717, 1.165) is 5.56 Å². The van der Waals surface area contributed by atoms with Crippen molar-refractivity contribution >= 4 is 11.9 Å². The molecule has 1 unspecified atom stereocenters. The number of hydrogen-bond donors (Lipinski definition) is 0. The highest BCUT2D eigenvalue weighted by molar-refractivity contribution is 6.01. The number of rotatable bonds is 6. The molecule has 0 aliphatic rings. The van der Waals surface area contributed by atoms with Crippen LogP contribution in [-0.4, -0.2) is 37.0 Å². The molecule has 0 fully saturated rings. The van der Waals surface area contributed by atoms with Crippen LogP contribution in [0, 0.1) is 0 Å². The molecule has 0 heterocycles. The lowest BCUT2D eigenvalue weighted by Crippen LogP contribution is -2.40. The molecular formula is C19H21NO4. The van der Waals surface area contributed by atoms with Crippen LogP contribution in [0.15, 0.2) is 54.6 Å². The predicted molar refractivity (Wildman–Crippen MR) is 91.2 cm³/mol.